The van der Waals surface area contributed by atoms with Crippen LogP contribution in [0.15, 0.2) is 48.5 Å². The average Bonchev–Trinajstić information content (AvgIpc) is 2.47. The third kappa shape index (κ3) is 1.66. The number of fused-ring (bicyclic) bond motifs is 2. The lowest BCUT2D eigenvalue weighted by Crippen LogP contribution is -2.52. The fourth-order valence-electron chi connectivity index (χ4n) is 2.46. The van der Waals surface area contributed by atoms with Gasteiger partial charge in [-0.05, 0) is 28.0 Å². The molecule has 0 fully saturated rings. The quantitative estimate of drug-likeness (QED) is 0.502. The van der Waals surface area contributed by atoms with E-state index in [-0.39, 0.29) is 0 Å². The summed E-state index contributed by atoms with van der Waals surface area (Å²) in [4.78, 5) is 0. The molecule has 17 heavy (non-hydrogen) atoms. The Morgan fingerprint density at radius 1 is 0.765 bits per heavy atom. The molecule has 0 N–H and O–H groups in total. The van der Waals surface area contributed by atoms with Crippen LogP contribution in [0.1, 0.15) is 11.1 Å². The predicted octanol–water partition coefficient (Wildman–Crippen LogP) is 3.10. The van der Waals surface area contributed by atoms with E-state index >= 15 is 0 Å². The standard InChI is InChI=1S/C15H13ClSi/c1-17(16)14-8-4-2-6-12(14)10-11-13-7-3-5-9-15(13)17/h2-11H,1H3. The van der Waals surface area contributed by atoms with Gasteiger partial charge in [0.15, 0.2) is 0 Å². The van der Waals surface area contributed by atoms with Gasteiger partial charge in [0, 0.05) is 0 Å². The maximum atomic E-state index is 6.94. The van der Waals surface area contributed by atoms with Crippen molar-refractivity contribution in [3.63, 3.8) is 0 Å². The van der Waals surface area contributed by atoms with Crippen molar-refractivity contribution in [3.05, 3.63) is 59.7 Å². The number of benzene rings is 2. The van der Waals surface area contributed by atoms with Crippen LogP contribution < -0.4 is 10.4 Å². The third-order valence-electron chi connectivity index (χ3n) is 3.38. The molecule has 0 saturated carbocycles. The highest BCUT2D eigenvalue weighted by Gasteiger charge is 2.34. The molecule has 0 radical (unpaired) electrons. The van der Waals surface area contributed by atoms with Gasteiger partial charge >= 0.3 is 0 Å². The van der Waals surface area contributed by atoms with Crippen LogP contribution in [-0.4, -0.2) is 7.38 Å². The first-order valence-corrected chi connectivity index (χ1v) is 9.27. The number of rotatable bonds is 0. The number of hydrogen-bond acceptors (Lipinski definition) is 0. The molecule has 1 aliphatic rings. The van der Waals surface area contributed by atoms with Crippen molar-refractivity contribution < 1.29 is 0 Å². The summed E-state index contributed by atoms with van der Waals surface area (Å²) in [6.07, 6.45) is 4.35. The second-order valence-corrected chi connectivity index (χ2v) is 9.86. The molecule has 1 heterocycles. The molecule has 2 aromatic rings. The van der Waals surface area contributed by atoms with Crippen molar-refractivity contribution in [1.29, 1.82) is 0 Å². The highest BCUT2D eigenvalue weighted by atomic mass is 35.6. The average molecular weight is 257 g/mol. The molecule has 3 rings (SSSR count). The zero-order chi connectivity index (χ0) is 11.9. The molecule has 84 valence electrons. The summed E-state index contributed by atoms with van der Waals surface area (Å²) in [5.74, 6) is 0. The molecule has 0 amide bonds. The summed E-state index contributed by atoms with van der Waals surface area (Å²) in [5.41, 5.74) is 2.51. The van der Waals surface area contributed by atoms with Crippen molar-refractivity contribution in [3.8, 4) is 0 Å². The molecular weight excluding hydrogens is 244 g/mol. The SMILES string of the molecule is C[Si]1(Cl)c2ccccc2C=Cc2ccccc21. The highest BCUT2D eigenvalue weighted by Crippen LogP contribution is 2.20. The van der Waals surface area contributed by atoms with Gasteiger partial charge in [0.25, 0.3) is 0 Å². The van der Waals surface area contributed by atoms with Gasteiger partial charge < -0.3 is 0 Å². The summed E-state index contributed by atoms with van der Waals surface area (Å²) in [5, 5.41) is 2.62. The first-order chi connectivity index (χ1) is 8.19. The molecule has 0 aliphatic carbocycles. The normalized spacial score (nSPS) is 15.9. The monoisotopic (exact) mass is 256 g/mol. The summed E-state index contributed by atoms with van der Waals surface area (Å²) < 4.78 is 0. The van der Waals surface area contributed by atoms with Gasteiger partial charge in [-0.3, -0.25) is 0 Å². The van der Waals surface area contributed by atoms with Crippen molar-refractivity contribution >= 4 is 41.0 Å². The highest BCUT2D eigenvalue weighted by molar-refractivity contribution is 7.34. The Hall–Kier alpha value is -1.31. The fourth-order valence-corrected chi connectivity index (χ4v) is 6.02. The molecule has 0 aromatic heterocycles. The van der Waals surface area contributed by atoms with E-state index < -0.39 is 7.38 Å². The minimum Gasteiger partial charge on any atom is -0.155 e. The molecule has 0 spiro atoms. The number of hydrogen-bond donors (Lipinski definition) is 0. The zero-order valence-electron chi connectivity index (χ0n) is 9.65. The van der Waals surface area contributed by atoms with Crippen molar-refractivity contribution in [2.75, 3.05) is 0 Å². The van der Waals surface area contributed by atoms with Gasteiger partial charge in [-0.1, -0.05) is 60.7 Å². The second kappa shape index (κ2) is 3.86. The van der Waals surface area contributed by atoms with Gasteiger partial charge in [-0.25, -0.2) is 0 Å². The van der Waals surface area contributed by atoms with Crippen LogP contribution in [0.4, 0.5) is 0 Å². The zero-order valence-corrected chi connectivity index (χ0v) is 11.4. The molecule has 0 atom stereocenters. The van der Waals surface area contributed by atoms with E-state index in [1.165, 1.54) is 21.5 Å². The van der Waals surface area contributed by atoms with Gasteiger partial charge in [0.1, 0.15) is 0 Å². The Balaban J connectivity index is 2.34. The Morgan fingerprint density at radius 3 is 1.65 bits per heavy atom. The van der Waals surface area contributed by atoms with Gasteiger partial charge in [-0.15, -0.1) is 0 Å². The maximum Gasteiger partial charge on any atom is 0.215 e. The van der Waals surface area contributed by atoms with E-state index in [4.69, 9.17) is 11.1 Å². The summed E-state index contributed by atoms with van der Waals surface area (Å²) in [7, 11) is -2.07. The van der Waals surface area contributed by atoms with Crippen LogP contribution in [0.3, 0.4) is 0 Å². The van der Waals surface area contributed by atoms with E-state index in [0.29, 0.717) is 0 Å². The first kappa shape index (κ1) is 10.8. The number of halogens is 1. The largest absolute Gasteiger partial charge is 0.215 e. The van der Waals surface area contributed by atoms with E-state index in [1.807, 2.05) is 0 Å². The van der Waals surface area contributed by atoms with Crippen LogP contribution in [0.2, 0.25) is 6.55 Å². The topological polar surface area (TPSA) is 0 Å². The van der Waals surface area contributed by atoms with Crippen molar-refractivity contribution in [2.45, 2.75) is 6.55 Å². The van der Waals surface area contributed by atoms with E-state index in [9.17, 15) is 0 Å². The van der Waals surface area contributed by atoms with Gasteiger partial charge in [0.05, 0.1) is 0 Å². The van der Waals surface area contributed by atoms with Crippen LogP contribution in [0, 0.1) is 0 Å². The molecular formula is C15H13ClSi. The Bertz CT molecular complexity index is 548. The minimum atomic E-state index is -2.07. The van der Waals surface area contributed by atoms with Gasteiger partial charge in [0.2, 0.25) is 7.38 Å². The van der Waals surface area contributed by atoms with E-state index in [0.717, 1.165) is 0 Å². The van der Waals surface area contributed by atoms with Crippen LogP contribution in [0.25, 0.3) is 12.2 Å². The van der Waals surface area contributed by atoms with E-state index in [1.54, 1.807) is 0 Å². The Morgan fingerprint density at radius 2 is 1.18 bits per heavy atom. The molecule has 0 unspecified atom stereocenters. The van der Waals surface area contributed by atoms with Crippen molar-refractivity contribution in [2.24, 2.45) is 0 Å². The Kier molecular flexibility index (Phi) is 2.46. The maximum absolute atomic E-state index is 6.94. The molecule has 2 heteroatoms. The van der Waals surface area contributed by atoms with Crippen LogP contribution in [-0.2, 0) is 0 Å². The molecule has 2 aromatic carbocycles. The van der Waals surface area contributed by atoms with E-state index in [2.05, 4.69) is 67.2 Å². The lowest BCUT2D eigenvalue weighted by Gasteiger charge is -2.22. The predicted molar refractivity (Wildman–Crippen MR) is 78.6 cm³/mol. The molecule has 0 nitrogen and oxygen atoms in total. The molecule has 0 saturated heterocycles. The van der Waals surface area contributed by atoms with Crippen molar-refractivity contribution in [1.82, 2.24) is 0 Å². The summed E-state index contributed by atoms with van der Waals surface area (Å²) in [6, 6.07) is 16.9. The lowest BCUT2D eigenvalue weighted by molar-refractivity contribution is 1.69. The molecule has 1 aliphatic heterocycles. The smallest absolute Gasteiger partial charge is 0.155 e. The molecule has 0 bridgehead atoms. The first-order valence-electron chi connectivity index (χ1n) is 5.75. The van der Waals surface area contributed by atoms with Gasteiger partial charge in [-0.2, -0.15) is 11.1 Å². The Labute approximate surface area is 107 Å². The second-order valence-electron chi connectivity index (χ2n) is 4.51. The van der Waals surface area contributed by atoms with Crippen LogP contribution in [0.5, 0.6) is 0 Å². The lowest BCUT2D eigenvalue weighted by atomic mass is 10.1. The summed E-state index contributed by atoms with van der Waals surface area (Å²) in [6.45, 7) is 2.21. The minimum absolute atomic E-state index is 1.26. The third-order valence-corrected chi connectivity index (χ3v) is 7.53. The fraction of sp³-hybridized carbons (Fsp3) is 0.0667. The van der Waals surface area contributed by atoms with Crippen LogP contribution >= 0.6 is 11.1 Å². The summed E-state index contributed by atoms with van der Waals surface area (Å²) >= 11 is 6.94.